The van der Waals surface area contributed by atoms with Crippen molar-refractivity contribution in [3.05, 3.63) is 84.3 Å². The first-order valence-corrected chi connectivity index (χ1v) is 14.3. The number of nitrogens with one attached hydrogen (secondary N) is 1. The molecule has 224 valence electrons. The number of hydrogen-bond donors (Lipinski definition) is 2. The monoisotopic (exact) mass is 586 g/mol. The molecule has 43 heavy (non-hydrogen) atoms. The highest BCUT2D eigenvalue weighted by Crippen LogP contribution is 2.39. The lowest BCUT2D eigenvalue weighted by Crippen LogP contribution is -2.42. The van der Waals surface area contributed by atoms with Crippen LogP contribution in [0.5, 0.6) is 23.0 Å². The number of fused-ring (bicyclic) bond motifs is 1. The molecule has 1 aliphatic rings. The summed E-state index contributed by atoms with van der Waals surface area (Å²) >= 11 is 0. The molecule has 3 N–H and O–H groups in total. The van der Waals surface area contributed by atoms with Crippen LogP contribution in [0.1, 0.15) is 37.8 Å². The smallest absolute Gasteiger partial charge is 0.316 e. The Balaban J connectivity index is 1.43. The third-order valence-corrected chi connectivity index (χ3v) is 7.65. The van der Waals surface area contributed by atoms with Crippen molar-refractivity contribution in [1.29, 1.82) is 0 Å². The van der Waals surface area contributed by atoms with Gasteiger partial charge >= 0.3 is 11.8 Å². The van der Waals surface area contributed by atoms with Crippen LogP contribution in [0, 0.1) is 11.7 Å². The van der Waals surface area contributed by atoms with Crippen LogP contribution in [-0.4, -0.2) is 43.6 Å². The third-order valence-electron chi connectivity index (χ3n) is 7.65. The maximum absolute atomic E-state index is 15.6. The lowest BCUT2D eigenvalue weighted by Gasteiger charge is -2.31. The second-order valence-electron chi connectivity index (χ2n) is 10.4. The number of hydrogen-bond acceptors (Lipinski definition) is 7. The Morgan fingerprint density at radius 1 is 1.02 bits per heavy atom. The Morgan fingerprint density at radius 2 is 1.79 bits per heavy atom. The maximum Gasteiger partial charge on any atom is 0.316 e. The number of aromatic nitrogens is 1. The minimum Gasteiger partial charge on any atom is -0.493 e. The number of primary amides is 1. The van der Waals surface area contributed by atoms with Gasteiger partial charge in [-0.05, 0) is 68.1 Å². The fourth-order valence-corrected chi connectivity index (χ4v) is 5.39. The predicted octanol–water partition coefficient (Wildman–Crippen LogP) is 5.52. The van der Waals surface area contributed by atoms with E-state index in [0.29, 0.717) is 47.1 Å². The first-order valence-electron chi connectivity index (χ1n) is 14.3. The van der Waals surface area contributed by atoms with E-state index < -0.39 is 23.7 Å². The van der Waals surface area contributed by atoms with Crippen molar-refractivity contribution in [3.8, 4) is 23.0 Å². The molecule has 4 aromatic rings. The van der Waals surface area contributed by atoms with E-state index in [9.17, 15) is 9.59 Å². The molecule has 1 aromatic heterocycles. The Kier molecular flexibility index (Phi) is 9.36. The SMILES string of the molecule is CCC(c1ccccc1)N(C(=O)C(N)=O)c1ccc(Oc2ccnc3cc(OCC4CCNCC4)c(OC)cc23)c(F)c1. The molecule has 1 atom stereocenters. The van der Waals surface area contributed by atoms with Gasteiger partial charge in [-0.2, -0.15) is 0 Å². The molecule has 10 heteroatoms. The Morgan fingerprint density at radius 3 is 2.47 bits per heavy atom. The van der Waals surface area contributed by atoms with Gasteiger partial charge in [0.05, 0.1) is 25.3 Å². The summed E-state index contributed by atoms with van der Waals surface area (Å²) in [6.07, 6.45) is 4.15. The lowest BCUT2D eigenvalue weighted by molar-refractivity contribution is -0.136. The Labute approximate surface area is 249 Å². The number of anilines is 1. The lowest BCUT2D eigenvalue weighted by atomic mass is 9.99. The minimum absolute atomic E-state index is 0.0688. The molecule has 0 aliphatic carbocycles. The summed E-state index contributed by atoms with van der Waals surface area (Å²) in [5.74, 6) is -0.938. The van der Waals surface area contributed by atoms with Crippen molar-refractivity contribution in [2.24, 2.45) is 11.7 Å². The molecule has 5 rings (SSSR count). The van der Waals surface area contributed by atoms with Gasteiger partial charge < -0.3 is 25.3 Å². The molecule has 1 unspecified atom stereocenters. The number of methoxy groups -OCH3 is 1. The van der Waals surface area contributed by atoms with E-state index >= 15 is 4.39 Å². The summed E-state index contributed by atoms with van der Waals surface area (Å²) in [7, 11) is 1.56. The fourth-order valence-electron chi connectivity index (χ4n) is 5.39. The highest BCUT2D eigenvalue weighted by atomic mass is 19.1. The van der Waals surface area contributed by atoms with Gasteiger partial charge in [0.1, 0.15) is 5.75 Å². The number of nitrogens with zero attached hydrogens (tertiary/aromatic N) is 2. The number of amides is 2. The van der Waals surface area contributed by atoms with Gasteiger partial charge in [0.25, 0.3) is 0 Å². The van der Waals surface area contributed by atoms with Crippen molar-refractivity contribution >= 4 is 28.4 Å². The number of benzene rings is 3. The van der Waals surface area contributed by atoms with Gasteiger partial charge in [0.2, 0.25) is 0 Å². The normalized spacial score (nSPS) is 14.2. The molecule has 2 heterocycles. The van der Waals surface area contributed by atoms with Gasteiger partial charge in [-0.25, -0.2) is 4.39 Å². The Hall–Kier alpha value is -4.70. The maximum atomic E-state index is 15.6. The second kappa shape index (κ2) is 13.5. The van der Waals surface area contributed by atoms with Crippen LogP contribution in [0.15, 0.2) is 72.9 Å². The highest BCUT2D eigenvalue weighted by molar-refractivity contribution is 6.40. The summed E-state index contributed by atoms with van der Waals surface area (Å²) in [5, 5.41) is 3.96. The standard InChI is InChI=1S/C33H35FN4O5/c1-3-27(22-7-5-4-6-8-22)38(33(40)32(35)39)23-9-10-29(25(34)17-23)43-28-13-16-37-26-19-31(30(41-2)18-24(26)28)42-20-21-11-14-36-15-12-21/h4-10,13,16-19,21,27,36H,3,11-12,14-15,20H2,1-2H3,(H2,35,39). The topological polar surface area (TPSA) is 116 Å². The van der Waals surface area contributed by atoms with E-state index in [1.165, 1.54) is 23.1 Å². The third kappa shape index (κ3) is 6.70. The molecule has 0 bridgehead atoms. The van der Waals surface area contributed by atoms with Crippen LogP contribution in [-0.2, 0) is 9.59 Å². The van der Waals surface area contributed by atoms with E-state index in [2.05, 4.69) is 10.3 Å². The predicted molar refractivity (Wildman–Crippen MR) is 162 cm³/mol. The van der Waals surface area contributed by atoms with Crippen molar-refractivity contribution in [2.75, 3.05) is 31.7 Å². The number of ether oxygens (including phenoxy) is 3. The van der Waals surface area contributed by atoms with E-state index in [1.807, 2.05) is 37.3 Å². The number of halogens is 1. The molecule has 2 amide bonds. The average molecular weight is 587 g/mol. The van der Waals surface area contributed by atoms with Gasteiger partial charge in [-0.15, -0.1) is 0 Å². The molecule has 0 saturated carbocycles. The van der Waals surface area contributed by atoms with E-state index in [-0.39, 0.29) is 11.4 Å². The summed E-state index contributed by atoms with van der Waals surface area (Å²) < 4.78 is 33.3. The van der Waals surface area contributed by atoms with E-state index in [0.717, 1.165) is 31.5 Å². The van der Waals surface area contributed by atoms with Crippen molar-refractivity contribution in [2.45, 2.75) is 32.2 Å². The highest BCUT2D eigenvalue weighted by Gasteiger charge is 2.29. The van der Waals surface area contributed by atoms with Crippen LogP contribution in [0.3, 0.4) is 0 Å². The number of rotatable bonds is 10. The van der Waals surface area contributed by atoms with E-state index in [1.54, 1.807) is 31.5 Å². The largest absolute Gasteiger partial charge is 0.493 e. The zero-order valence-electron chi connectivity index (χ0n) is 24.2. The number of nitrogens with two attached hydrogens (primary N) is 1. The van der Waals surface area contributed by atoms with Crippen molar-refractivity contribution in [1.82, 2.24) is 10.3 Å². The number of carbonyl (C=O) groups is 2. The molecule has 3 aromatic carbocycles. The molecule has 0 spiro atoms. The quantitative estimate of drug-likeness (QED) is 0.235. The first kappa shape index (κ1) is 29.8. The molecule has 9 nitrogen and oxygen atoms in total. The van der Waals surface area contributed by atoms with Crippen molar-refractivity contribution < 1.29 is 28.2 Å². The van der Waals surface area contributed by atoms with E-state index in [4.69, 9.17) is 19.9 Å². The van der Waals surface area contributed by atoms with Crippen LogP contribution in [0.25, 0.3) is 10.9 Å². The summed E-state index contributed by atoms with van der Waals surface area (Å²) in [5.41, 5.74) is 6.95. The van der Waals surface area contributed by atoms with Crippen molar-refractivity contribution in [3.63, 3.8) is 0 Å². The Bertz CT molecular complexity index is 1590. The van der Waals surface area contributed by atoms with Crippen LogP contribution in [0.2, 0.25) is 0 Å². The van der Waals surface area contributed by atoms with Crippen LogP contribution in [0.4, 0.5) is 10.1 Å². The summed E-state index contributed by atoms with van der Waals surface area (Å²) in [6, 6.07) is 18.0. The minimum atomic E-state index is -1.13. The summed E-state index contributed by atoms with van der Waals surface area (Å²) in [6.45, 7) is 4.41. The van der Waals surface area contributed by atoms with Gasteiger partial charge in [0.15, 0.2) is 23.1 Å². The zero-order valence-corrected chi connectivity index (χ0v) is 24.2. The first-order chi connectivity index (χ1) is 20.9. The van der Waals surface area contributed by atoms with Gasteiger partial charge in [-0.3, -0.25) is 19.5 Å². The van der Waals surface area contributed by atoms with Gasteiger partial charge in [-0.1, -0.05) is 37.3 Å². The summed E-state index contributed by atoms with van der Waals surface area (Å²) in [4.78, 5) is 30.6. The molecule has 1 fully saturated rings. The number of pyridine rings is 1. The number of carbonyl (C=O) groups excluding carboxylic acids is 2. The average Bonchev–Trinajstić information content (AvgIpc) is 3.03. The molecule has 0 radical (unpaired) electrons. The molecular formula is C33H35FN4O5. The van der Waals surface area contributed by atoms with Crippen LogP contribution >= 0.6 is 0 Å². The fraction of sp³-hybridized carbons (Fsp3) is 0.303. The molecular weight excluding hydrogens is 551 g/mol. The van der Waals surface area contributed by atoms with Gasteiger partial charge in [0, 0.05) is 29.4 Å². The second-order valence-corrected chi connectivity index (χ2v) is 10.4. The van der Waals surface area contributed by atoms with Crippen LogP contribution < -0.4 is 30.2 Å². The molecule has 1 saturated heterocycles. The zero-order chi connectivity index (χ0) is 30.3. The number of piperidine rings is 1. The molecule has 1 aliphatic heterocycles.